The first kappa shape index (κ1) is 14.8. The number of fused-ring (bicyclic) bond motifs is 1. The molecule has 19 heavy (non-hydrogen) atoms. The predicted octanol–water partition coefficient (Wildman–Crippen LogP) is 4.05. The molecule has 0 radical (unpaired) electrons. The minimum atomic E-state index is 0.0569. The third-order valence-electron chi connectivity index (χ3n) is 3.45. The van der Waals surface area contributed by atoms with Crippen LogP contribution in [-0.2, 0) is 0 Å². The molecule has 6 heteroatoms. The number of aryl methyl sites for hydroxylation is 2. The Morgan fingerprint density at radius 2 is 2.16 bits per heavy atom. The number of H-pyrrole nitrogens is 1. The zero-order valence-electron chi connectivity index (χ0n) is 11.6. The molecule has 0 fully saturated rings. The van der Waals surface area contributed by atoms with Gasteiger partial charge >= 0.3 is 0 Å². The molecule has 0 saturated carbocycles. The molecule has 0 aromatic carbocycles. The molecule has 1 atom stereocenters. The van der Waals surface area contributed by atoms with E-state index in [0.717, 1.165) is 28.0 Å². The quantitative estimate of drug-likeness (QED) is 0.865. The monoisotopic (exact) mass is 314 g/mol. The van der Waals surface area contributed by atoms with Crippen molar-refractivity contribution in [1.82, 2.24) is 9.55 Å². The van der Waals surface area contributed by atoms with Crippen LogP contribution in [0, 0.1) is 18.6 Å². The number of hydrogen-bond acceptors (Lipinski definition) is 4. The highest BCUT2D eigenvalue weighted by molar-refractivity contribution is 7.98. The van der Waals surface area contributed by atoms with Gasteiger partial charge in [-0.1, -0.05) is 6.92 Å². The van der Waals surface area contributed by atoms with Gasteiger partial charge in [-0.3, -0.25) is 9.36 Å². The van der Waals surface area contributed by atoms with E-state index in [-0.39, 0.29) is 11.6 Å². The van der Waals surface area contributed by atoms with Crippen LogP contribution in [0.25, 0.3) is 10.2 Å². The van der Waals surface area contributed by atoms with E-state index in [1.165, 1.54) is 4.88 Å². The molecule has 3 nitrogen and oxygen atoms in total. The van der Waals surface area contributed by atoms with E-state index in [1.807, 2.05) is 13.8 Å². The SMILES string of the molecule is CCC(CSC)n1c(=S)[nH]c2sc(C)c(C)c2c1=O. The molecule has 1 N–H and O–H groups in total. The smallest absolute Gasteiger partial charge is 0.263 e. The second-order valence-corrected chi connectivity index (χ2v) is 7.13. The van der Waals surface area contributed by atoms with Crippen LogP contribution in [0.3, 0.4) is 0 Å². The molecule has 104 valence electrons. The Labute approximate surface area is 126 Å². The topological polar surface area (TPSA) is 37.8 Å². The van der Waals surface area contributed by atoms with Crippen molar-refractivity contribution in [3.63, 3.8) is 0 Å². The molecule has 0 amide bonds. The lowest BCUT2D eigenvalue weighted by Crippen LogP contribution is -2.27. The Morgan fingerprint density at radius 3 is 2.74 bits per heavy atom. The molecule has 0 aliphatic heterocycles. The van der Waals surface area contributed by atoms with Gasteiger partial charge in [0.05, 0.1) is 5.39 Å². The van der Waals surface area contributed by atoms with Crippen molar-refractivity contribution in [1.29, 1.82) is 0 Å². The van der Waals surface area contributed by atoms with Crippen molar-refractivity contribution in [3.8, 4) is 0 Å². The number of nitrogens with one attached hydrogen (secondary N) is 1. The molecule has 1 unspecified atom stereocenters. The third kappa shape index (κ3) is 2.53. The van der Waals surface area contributed by atoms with Crippen LogP contribution in [0.4, 0.5) is 0 Å². The maximum absolute atomic E-state index is 12.7. The number of aromatic amines is 1. The summed E-state index contributed by atoms with van der Waals surface area (Å²) in [5.41, 5.74) is 1.13. The number of hydrogen-bond donors (Lipinski definition) is 1. The van der Waals surface area contributed by atoms with Crippen molar-refractivity contribution in [2.24, 2.45) is 0 Å². The maximum atomic E-state index is 12.7. The number of nitrogens with zero attached hydrogens (tertiary/aromatic N) is 1. The van der Waals surface area contributed by atoms with Crippen LogP contribution in [0.1, 0.15) is 29.8 Å². The Balaban J connectivity index is 2.78. The van der Waals surface area contributed by atoms with E-state index in [9.17, 15) is 4.79 Å². The fraction of sp³-hybridized carbons (Fsp3) is 0.538. The number of aromatic nitrogens is 2. The fourth-order valence-corrected chi connectivity index (χ4v) is 4.46. The Morgan fingerprint density at radius 1 is 1.47 bits per heavy atom. The van der Waals surface area contributed by atoms with Gasteiger partial charge in [-0.15, -0.1) is 11.3 Å². The number of thioether (sulfide) groups is 1. The van der Waals surface area contributed by atoms with Gasteiger partial charge < -0.3 is 4.98 Å². The Bertz CT molecular complexity index is 711. The van der Waals surface area contributed by atoms with Crippen LogP contribution in [-0.4, -0.2) is 21.6 Å². The minimum absolute atomic E-state index is 0.0569. The lowest BCUT2D eigenvalue weighted by atomic mass is 10.2. The van der Waals surface area contributed by atoms with Gasteiger partial charge in [0.2, 0.25) is 0 Å². The molecular weight excluding hydrogens is 296 g/mol. The summed E-state index contributed by atoms with van der Waals surface area (Å²) in [6.07, 6.45) is 2.96. The first-order valence-corrected chi connectivity index (χ1v) is 8.86. The Hall–Kier alpha value is -0.590. The highest BCUT2D eigenvalue weighted by atomic mass is 32.2. The number of rotatable bonds is 4. The van der Waals surface area contributed by atoms with Gasteiger partial charge in [-0.05, 0) is 44.3 Å². The number of thiophene rings is 1. The van der Waals surface area contributed by atoms with Gasteiger partial charge in [0.1, 0.15) is 4.83 Å². The van der Waals surface area contributed by atoms with E-state index in [0.29, 0.717) is 4.77 Å². The summed E-state index contributed by atoms with van der Waals surface area (Å²) in [6.45, 7) is 6.14. The van der Waals surface area contributed by atoms with Gasteiger partial charge in [-0.25, -0.2) is 0 Å². The van der Waals surface area contributed by atoms with Crippen molar-refractivity contribution in [3.05, 3.63) is 25.6 Å². The minimum Gasteiger partial charge on any atom is -0.323 e. The van der Waals surface area contributed by atoms with Crippen molar-refractivity contribution in [2.75, 3.05) is 12.0 Å². The first-order chi connectivity index (χ1) is 9.01. The average Bonchev–Trinajstić information content (AvgIpc) is 2.63. The van der Waals surface area contributed by atoms with Gasteiger partial charge in [0.15, 0.2) is 4.77 Å². The molecule has 0 aliphatic carbocycles. The summed E-state index contributed by atoms with van der Waals surface area (Å²) in [4.78, 5) is 18.0. The van der Waals surface area contributed by atoms with E-state index >= 15 is 0 Å². The standard InChI is InChI=1S/C13H18N2OS3/c1-5-9(6-18-4)15-12(16)10-7(2)8(3)19-11(10)14-13(15)17/h9H,5-6H2,1-4H3,(H,14,17). The van der Waals surface area contributed by atoms with Crippen LogP contribution in [0.2, 0.25) is 0 Å². The van der Waals surface area contributed by atoms with E-state index in [2.05, 4.69) is 18.2 Å². The fourth-order valence-electron chi connectivity index (χ4n) is 2.24. The summed E-state index contributed by atoms with van der Waals surface area (Å²) in [5.74, 6) is 0.904. The van der Waals surface area contributed by atoms with Crippen molar-refractivity contribution in [2.45, 2.75) is 33.2 Å². The first-order valence-electron chi connectivity index (χ1n) is 6.24. The normalized spacial score (nSPS) is 13.1. The van der Waals surface area contributed by atoms with Crippen LogP contribution in [0.15, 0.2) is 4.79 Å². The van der Waals surface area contributed by atoms with Gasteiger partial charge in [0, 0.05) is 16.7 Å². The van der Waals surface area contributed by atoms with Gasteiger partial charge in [0.25, 0.3) is 5.56 Å². The highest BCUT2D eigenvalue weighted by Gasteiger charge is 2.17. The zero-order chi connectivity index (χ0) is 14.2. The maximum Gasteiger partial charge on any atom is 0.263 e. The van der Waals surface area contributed by atoms with Gasteiger partial charge in [-0.2, -0.15) is 11.8 Å². The summed E-state index contributed by atoms with van der Waals surface area (Å²) in [7, 11) is 0. The second kappa shape index (κ2) is 5.81. The molecular formula is C13H18N2OS3. The zero-order valence-corrected chi connectivity index (χ0v) is 14.0. The molecule has 2 aromatic rings. The molecule has 0 bridgehead atoms. The summed E-state index contributed by atoms with van der Waals surface area (Å²) < 4.78 is 2.30. The summed E-state index contributed by atoms with van der Waals surface area (Å²) in [5, 5.41) is 0.802. The Kier molecular flexibility index (Phi) is 4.53. The van der Waals surface area contributed by atoms with Crippen LogP contribution in [0.5, 0.6) is 0 Å². The predicted molar refractivity (Wildman–Crippen MR) is 88.5 cm³/mol. The van der Waals surface area contributed by atoms with Crippen LogP contribution < -0.4 is 5.56 Å². The molecule has 0 aliphatic rings. The summed E-state index contributed by atoms with van der Waals surface area (Å²) in [6, 6.07) is 0.162. The van der Waals surface area contributed by atoms with Crippen molar-refractivity contribution >= 4 is 45.5 Å². The lowest BCUT2D eigenvalue weighted by molar-refractivity contribution is 0.512. The molecule has 0 spiro atoms. The van der Waals surface area contributed by atoms with E-state index < -0.39 is 0 Å². The third-order valence-corrected chi connectivity index (χ3v) is 5.59. The van der Waals surface area contributed by atoms with E-state index in [1.54, 1.807) is 27.7 Å². The summed E-state index contributed by atoms with van der Waals surface area (Å²) >= 11 is 8.73. The van der Waals surface area contributed by atoms with Crippen LogP contribution >= 0.6 is 35.3 Å². The highest BCUT2D eigenvalue weighted by Crippen LogP contribution is 2.27. The largest absolute Gasteiger partial charge is 0.323 e. The molecule has 2 rings (SSSR count). The molecule has 0 saturated heterocycles. The lowest BCUT2D eigenvalue weighted by Gasteiger charge is -2.17. The van der Waals surface area contributed by atoms with E-state index in [4.69, 9.17) is 12.2 Å². The van der Waals surface area contributed by atoms with Crippen molar-refractivity contribution < 1.29 is 0 Å². The molecule has 2 aromatic heterocycles. The average molecular weight is 315 g/mol. The second-order valence-electron chi connectivity index (χ2n) is 4.61. The molecule has 2 heterocycles.